The molecule has 2 rings (SSSR count). The van der Waals surface area contributed by atoms with Gasteiger partial charge in [-0.3, -0.25) is 9.59 Å². The first kappa shape index (κ1) is 26.7. The number of benzene rings is 1. The Kier molecular flexibility index (Phi) is 9.81. The molecule has 0 saturated carbocycles. The minimum atomic E-state index is -3.77. The largest absolute Gasteiger partial charge is 0.454 e. The number of nitrogens with one attached hydrogen (secondary N) is 2. The molecule has 0 unspecified atom stereocenters. The fraction of sp³-hybridized carbons (Fsp3) is 0.591. The van der Waals surface area contributed by atoms with Gasteiger partial charge in [0.25, 0.3) is 11.8 Å². The second-order valence-corrected chi connectivity index (χ2v) is 10.5. The molecule has 1 atom stereocenters. The van der Waals surface area contributed by atoms with E-state index in [0.29, 0.717) is 19.8 Å². The summed E-state index contributed by atoms with van der Waals surface area (Å²) in [4.78, 5) is 37.1. The van der Waals surface area contributed by atoms with Gasteiger partial charge in [-0.05, 0) is 30.0 Å². The van der Waals surface area contributed by atoms with Gasteiger partial charge in [0.05, 0.1) is 18.1 Å². The van der Waals surface area contributed by atoms with Crippen molar-refractivity contribution in [3.05, 3.63) is 29.8 Å². The van der Waals surface area contributed by atoms with Crippen molar-refractivity contribution in [1.82, 2.24) is 14.9 Å². The number of rotatable bonds is 10. The maximum atomic E-state index is 12.9. The van der Waals surface area contributed by atoms with Crippen LogP contribution in [0.2, 0.25) is 0 Å². The minimum Gasteiger partial charge on any atom is -0.454 e. The van der Waals surface area contributed by atoms with Crippen molar-refractivity contribution in [2.75, 3.05) is 39.5 Å². The summed E-state index contributed by atoms with van der Waals surface area (Å²) >= 11 is 0. The number of hydrogen-bond acceptors (Lipinski definition) is 7. The topological polar surface area (TPSA) is 131 Å². The summed E-state index contributed by atoms with van der Waals surface area (Å²) in [5.41, 5.74) is 0.0949. The molecule has 1 saturated heterocycles. The van der Waals surface area contributed by atoms with Gasteiger partial charge in [-0.2, -0.15) is 4.31 Å². The predicted molar refractivity (Wildman–Crippen MR) is 121 cm³/mol. The van der Waals surface area contributed by atoms with E-state index in [1.54, 1.807) is 13.8 Å². The molecule has 33 heavy (non-hydrogen) atoms. The fourth-order valence-electron chi connectivity index (χ4n) is 3.05. The highest BCUT2D eigenvalue weighted by molar-refractivity contribution is 7.89. The molecule has 1 heterocycles. The first-order valence-corrected chi connectivity index (χ1v) is 12.4. The summed E-state index contributed by atoms with van der Waals surface area (Å²) in [6, 6.07) is 4.64. The highest BCUT2D eigenvalue weighted by atomic mass is 32.2. The average Bonchev–Trinajstić information content (AvgIpc) is 2.79. The average molecular weight is 484 g/mol. The van der Waals surface area contributed by atoms with Crippen molar-refractivity contribution < 1.29 is 32.3 Å². The second kappa shape index (κ2) is 12.1. The molecule has 0 spiro atoms. The molecule has 184 valence electrons. The van der Waals surface area contributed by atoms with E-state index in [1.807, 2.05) is 13.8 Å². The van der Waals surface area contributed by atoms with Gasteiger partial charge in [-0.25, -0.2) is 13.2 Å². The summed E-state index contributed by atoms with van der Waals surface area (Å²) < 4.78 is 37.3. The minimum absolute atomic E-state index is 0.0115. The SMILES string of the molecule is CC(C)CNC(=O)COC(=O)[C@@H](NC(=O)c1cccc(S(=O)(=O)N2CCOCC2)c1)C(C)C. The molecule has 0 aliphatic carbocycles. The lowest BCUT2D eigenvalue weighted by Crippen LogP contribution is -2.46. The number of esters is 1. The first-order chi connectivity index (χ1) is 15.5. The summed E-state index contributed by atoms with van der Waals surface area (Å²) in [6.45, 7) is 8.46. The molecule has 1 aliphatic heterocycles. The van der Waals surface area contributed by atoms with E-state index in [9.17, 15) is 22.8 Å². The molecule has 2 N–H and O–H groups in total. The zero-order valence-corrected chi connectivity index (χ0v) is 20.3. The van der Waals surface area contributed by atoms with Crippen molar-refractivity contribution in [2.45, 2.75) is 38.6 Å². The van der Waals surface area contributed by atoms with E-state index in [0.717, 1.165) is 0 Å². The Hall–Kier alpha value is -2.50. The molecular formula is C22H33N3O7S. The van der Waals surface area contributed by atoms with Crippen LogP contribution in [0.15, 0.2) is 29.2 Å². The van der Waals surface area contributed by atoms with E-state index in [4.69, 9.17) is 9.47 Å². The van der Waals surface area contributed by atoms with Crippen LogP contribution in [0, 0.1) is 11.8 Å². The van der Waals surface area contributed by atoms with Crippen LogP contribution in [-0.2, 0) is 29.1 Å². The second-order valence-electron chi connectivity index (χ2n) is 8.55. The van der Waals surface area contributed by atoms with E-state index >= 15 is 0 Å². The quantitative estimate of drug-likeness (QED) is 0.470. The highest BCUT2D eigenvalue weighted by Crippen LogP contribution is 2.19. The smallest absolute Gasteiger partial charge is 0.329 e. The van der Waals surface area contributed by atoms with Crippen molar-refractivity contribution in [2.24, 2.45) is 11.8 Å². The summed E-state index contributed by atoms with van der Waals surface area (Å²) in [5.74, 6) is -1.84. The van der Waals surface area contributed by atoms with Gasteiger partial charge in [-0.15, -0.1) is 0 Å². The zero-order chi connectivity index (χ0) is 24.6. The lowest BCUT2D eigenvalue weighted by molar-refractivity contribution is -0.151. The number of nitrogens with zero attached hydrogens (tertiary/aromatic N) is 1. The third-order valence-electron chi connectivity index (χ3n) is 4.96. The standard InChI is InChI=1S/C22H33N3O7S/c1-15(2)13-23-19(26)14-32-22(28)20(16(3)4)24-21(27)17-6-5-7-18(12-17)33(29,30)25-8-10-31-11-9-25/h5-7,12,15-16,20H,8-11,13-14H2,1-4H3,(H,23,26)(H,24,27)/t20-/m0/s1. The van der Waals surface area contributed by atoms with Crippen LogP contribution in [0.5, 0.6) is 0 Å². The Balaban J connectivity index is 2.06. The molecule has 1 fully saturated rings. The van der Waals surface area contributed by atoms with Crippen LogP contribution in [0.1, 0.15) is 38.1 Å². The number of amides is 2. The number of morpholine rings is 1. The third-order valence-corrected chi connectivity index (χ3v) is 6.86. The van der Waals surface area contributed by atoms with Crippen LogP contribution in [0.4, 0.5) is 0 Å². The number of carbonyl (C=O) groups is 3. The highest BCUT2D eigenvalue weighted by Gasteiger charge is 2.29. The van der Waals surface area contributed by atoms with Crippen LogP contribution < -0.4 is 10.6 Å². The number of carbonyl (C=O) groups excluding carboxylic acids is 3. The van der Waals surface area contributed by atoms with E-state index in [-0.39, 0.29) is 35.4 Å². The number of sulfonamides is 1. The lowest BCUT2D eigenvalue weighted by Gasteiger charge is -2.26. The normalized spacial score (nSPS) is 15.8. The molecule has 0 aromatic heterocycles. The third kappa shape index (κ3) is 7.79. The Labute approximate surface area is 195 Å². The maximum Gasteiger partial charge on any atom is 0.329 e. The number of hydrogen-bond donors (Lipinski definition) is 2. The van der Waals surface area contributed by atoms with Gasteiger partial charge < -0.3 is 20.1 Å². The Morgan fingerprint density at radius 1 is 1.12 bits per heavy atom. The summed E-state index contributed by atoms with van der Waals surface area (Å²) in [6.07, 6.45) is 0. The molecular weight excluding hydrogens is 450 g/mol. The van der Waals surface area contributed by atoms with Crippen molar-refractivity contribution in [3.63, 3.8) is 0 Å². The number of ether oxygens (including phenoxy) is 2. The summed E-state index contributed by atoms with van der Waals surface area (Å²) in [7, 11) is -3.77. The van der Waals surface area contributed by atoms with Gasteiger partial charge >= 0.3 is 5.97 Å². The van der Waals surface area contributed by atoms with E-state index in [1.165, 1.54) is 28.6 Å². The molecule has 0 bridgehead atoms. The molecule has 1 aliphatic rings. The van der Waals surface area contributed by atoms with Gasteiger partial charge in [0.1, 0.15) is 6.04 Å². The van der Waals surface area contributed by atoms with Crippen LogP contribution in [0.25, 0.3) is 0 Å². The van der Waals surface area contributed by atoms with Gasteiger partial charge in [-0.1, -0.05) is 33.8 Å². The van der Waals surface area contributed by atoms with Crippen LogP contribution in [0.3, 0.4) is 0 Å². The van der Waals surface area contributed by atoms with Crippen LogP contribution in [-0.4, -0.2) is 76.0 Å². The van der Waals surface area contributed by atoms with E-state index < -0.39 is 40.5 Å². The lowest BCUT2D eigenvalue weighted by atomic mass is 10.0. The van der Waals surface area contributed by atoms with Gasteiger partial charge in [0.15, 0.2) is 6.61 Å². The molecule has 11 heteroatoms. The molecule has 1 aromatic carbocycles. The monoisotopic (exact) mass is 483 g/mol. The Bertz CT molecular complexity index is 941. The molecule has 10 nitrogen and oxygen atoms in total. The first-order valence-electron chi connectivity index (χ1n) is 10.9. The Morgan fingerprint density at radius 3 is 2.39 bits per heavy atom. The molecule has 1 aromatic rings. The van der Waals surface area contributed by atoms with Gasteiger partial charge in [0, 0.05) is 25.2 Å². The zero-order valence-electron chi connectivity index (χ0n) is 19.5. The van der Waals surface area contributed by atoms with Crippen molar-refractivity contribution >= 4 is 27.8 Å². The summed E-state index contributed by atoms with van der Waals surface area (Å²) in [5, 5.41) is 5.24. The van der Waals surface area contributed by atoms with Crippen molar-refractivity contribution in [3.8, 4) is 0 Å². The van der Waals surface area contributed by atoms with Crippen molar-refractivity contribution in [1.29, 1.82) is 0 Å². The fourth-order valence-corrected chi connectivity index (χ4v) is 4.51. The molecule has 0 radical (unpaired) electrons. The molecule has 2 amide bonds. The maximum absolute atomic E-state index is 12.9. The van der Waals surface area contributed by atoms with Gasteiger partial charge in [0.2, 0.25) is 10.0 Å². The predicted octanol–water partition coefficient (Wildman–Crippen LogP) is 0.777. The Morgan fingerprint density at radius 2 is 1.79 bits per heavy atom. The van der Waals surface area contributed by atoms with Crippen LogP contribution >= 0.6 is 0 Å². The van der Waals surface area contributed by atoms with E-state index in [2.05, 4.69) is 10.6 Å².